The van der Waals surface area contributed by atoms with E-state index in [0.29, 0.717) is 0 Å². The lowest BCUT2D eigenvalue weighted by Crippen LogP contribution is -2.33. The van der Waals surface area contributed by atoms with Crippen LogP contribution in [-0.4, -0.2) is 17.8 Å². The van der Waals surface area contributed by atoms with E-state index in [1.165, 1.54) is 5.56 Å². The van der Waals surface area contributed by atoms with E-state index in [1.807, 2.05) is 42.5 Å². The van der Waals surface area contributed by atoms with Crippen LogP contribution in [0.5, 0.6) is 11.5 Å². The summed E-state index contributed by atoms with van der Waals surface area (Å²) in [7, 11) is 1.69. The molecule has 0 unspecified atom stereocenters. The highest BCUT2D eigenvalue weighted by Gasteiger charge is 2.41. The summed E-state index contributed by atoms with van der Waals surface area (Å²) in [6.45, 7) is 0. The molecule has 2 heterocycles. The Kier molecular flexibility index (Phi) is 3.82. The van der Waals surface area contributed by atoms with Crippen molar-refractivity contribution in [1.29, 1.82) is 0 Å². The van der Waals surface area contributed by atoms with Crippen molar-refractivity contribution in [1.82, 2.24) is 5.01 Å². The fourth-order valence-electron chi connectivity index (χ4n) is 3.91. The summed E-state index contributed by atoms with van der Waals surface area (Å²) in [5, 5.41) is 7.07. The Morgan fingerprint density at radius 1 is 0.889 bits per heavy atom. The minimum atomic E-state index is -0.317. The molecule has 0 fully saturated rings. The molecule has 3 aromatic carbocycles. The van der Waals surface area contributed by atoms with Gasteiger partial charge in [-0.1, -0.05) is 60.7 Å². The van der Waals surface area contributed by atoms with Crippen LogP contribution in [0.1, 0.15) is 35.4 Å². The van der Waals surface area contributed by atoms with Gasteiger partial charge in [0.2, 0.25) is 6.23 Å². The lowest BCUT2D eigenvalue weighted by Gasteiger charge is -2.38. The van der Waals surface area contributed by atoms with Crippen LogP contribution < -0.4 is 9.47 Å². The van der Waals surface area contributed by atoms with Gasteiger partial charge in [-0.3, -0.25) is 0 Å². The van der Waals surface area contributed by atoms with Gasteiger partial charge in [0, 0.05) is 12.0 Å². The minimum absolute atomic E-state index is 0.153. The zero-order valence-corrected chi connectivity index (χ0v) is 15.1. The van der Waals surface area contributed by atoms with Gasteiger partial charge in [-0.05, 0) is 23.8 Å². The van der Waals surface area contributed by atoms with E-state index in [0.717, 1.165) is 34.8 Å². The number of fused-ring (bicyclic) bond motifs is 3. The molecule has 2 aliphatic rings. The molecule has 0 N–H and O–H groups in total. The highest BCUT2D eigenvalue weighted by molar-refractivity contribution is 6.01. The van der Waals surface area contributed by atoms with Crippen LogP contribution in [0.4, 0.5) is 0 Å². The molecule has 0 aromatic heterocycles. The second-order valence-corrected chi connectivity index (χ2v) is 6.76. The maximum atomic E-state index is 6.40. The van der Waals surface area contributed by atoms with Gasteiger partial charge in [0.25, 0.3) is 0 Å². The fraction of sp³-hybridized carbons (Fsp3) is 0.174. The van der Waals surface area contributed by atoms with Crippen molar-refractivity contribution < 1.29 is 9.47 Å². The number of ether oxygens (including phenoxy) is 2. The molecule has 3 aromatic rings. The summed E-state index contributed by atoms with van der Waals surface area (Å²) in [5.41, 5.74) is 4.40. The third-order valence-electron chi connectivity index (χ3n) is 5.21. The molecule has 27 heavy (non-hydrogen) atoms. The number of para-hydroxylation sites is 2. The van der Waals surface area contributed by atoms with E-state index < -0.39 is 0 Å². The zero-order chi connectivity index (χ0) is 18.2. The molecule has 134 valence electrons. The van der Waals surface area contributed by atoms with Gasteiger partial charge in [0.1, 0.15) is 11.5 Å². The van der Waals surface area contributed by atoms with E-state index in [-0.39, 0.29) is 12.3 Å². The number of hydrazone groups is 1. The Bertz CT molecular complexity index is 1000. The maximum Gasteiger partial charge on any atom is 0.217 e. The minimum Gasteiger partial charge on any atom is -0.496 e. The van der Waals surface area contributed by atoms with Gasteiger partial charge >= 0.3 is 0 Å². The van der Waals surface area contributed by atoms with Crippen molar-refractivity contribution in [2.24, 2.45) is 5.10 Å². The Labute approximate surface area is 158 Å². The third kappa shape index (κ3) is 2.65. The average Bonchev–Trinajstić information content (AvgIpc) is 3.19. The first kappa shape index (κ1) is 15.9. The molecular weight excluding hydrogens is 336 g/mol. The molecule has 0 saturated carbocycles. The summed E-state index contributed by atoms with van der Waals surface area (Å²) in [4.78, 5) is 0. The van der Waals surface area contributed by atoms with Crippen molar-refractivity contribution in [3.63, 3.8) is 0 Å². The van der Waals surface area contributed by atoms with Crippen LogP contribution in [0.3, 0.4) is 0 Å². The lowest BCUT2D eigenvalue weighted by atomic mass is 9.96. The Hall–Kier alpha value is -3.27. The summed E-state index contributed by atoms with van der Waals surface area (Å²) in [6.07, 6.45) is 0.540. The first-order valence-corrected chi connectivity index (χ1v) is 9.15. The second kappa shape index (κ2) is 6.47. The number of rotatable bonds is 3. The van der Waals surface area contributed by atoms with Gasteiger partial charge in [0.05, 0.1) is 24.4 Å². The summed E-state index contributed by atoms with van der Waals surface area (Å²) in [6, 6.07) is 26.8. The quantitative estimate of drug-likeness (QED) is 0.667. The van der Waals surface area contributed by atoms with Gasteiger partial charge in [-0.2, -0.15) is 5.10 Å². The number of hydrogen-bond acceptors (Lipinski definition) is 4. The number of hydrogen-bond donors (Lipinski definition) is 0. The smallest absolute Gasteiger partial charge is 0.217 e. The molecule has 0 saturated heterocycles. The number of benzene rings is 3. The van der Waals surface area contributed by atoms with E-state index in [2.05, 4.69) is 41.4 Å². The van der Waals surface area contributed by atoms with Crippen molar-refractivity contribution in [2.75, 3.05) is 7.11 Å². The van der Waals surface area contributed by atoms with Crippen LogP contribution in [0.25, 0.3) is 0 Å². The van der Waals surface area contributed by atoms with Gasteiger partial charge in [0.15, 0.2) is 0 Å². The summed E-state index contributed by atoms with van der Waals surface area (Å²) < 4.78 is 12.0. The Morgan fingerprint density at radius 3 is 2.41 bits per heavy atom. The maximum absolute atomic E-state index is 6.40. The predicted molar refractivity (Wildman–Crippen MR) is 105 cm³/mol. The standard InChI is InChI=1S/C23H20N2O2/c1-26-21-13-7-6-12-18(21)23-25-20(17-11-5-8-14-22(17)27-23)15-19(24-25)16-9-3-2-4-10-16/h2-14,20,23H,15H2,1H3/t20-,23+/m0/s1. The summed E-state index contributed by atoms with van der Waals surface area (Å²) in [5.74, 6) is 1.73. The van der Waals surface area contributed by atoms with Crippen molar-refractivity contribution in [3.8, 4) is 11.5 Å². The van der Waals surface area contributed by atoms with Crippen LogP contribution in [-0.2, 0) is 0 Å². The molecule has 0 bridgehead atoms. The molecule has 4 nitrogen and oxygen atoms in total. The highest BCUT2D eigenvalue weighted by Crippen LogP contribution is 2.48. The molecule has 0 spiro atoms. The zero-order valence-electron chi connectivity index (χ0n) is 15.1. The predicted octanol–water partition coefficient (Wildman–Crippen LogP) is 4.94. The van der Waals surface area contributed by atoms with E-state index in [1.54, 1.807) is 7.11 Å². The van der Waals surface area contributed by atoms with Gasteiger partial charge < -0.3 is 9.47 Å². The van der Waals surface area contributed by atoms with Gasteiger partial charge in [-0.15, -0.1) is 0 Å². The van der Waals surface area contributed by atoms with Crippen molar-refractivity contribution in [3.05, 3.63) is 95.6 Å². The highest BCUT2D eigenvalue weighted by atomic mass is 16.5. The topological polar surface area (TPSA) is 34.1 Å². The van der Waals surface area contributed by atoms with Crippen LogP contribution in [0.2, 0.25) is 0 Å². The van der Waals surface area contributed by atoms with Gasteiger partial charge in [-0.25, -0.2) is 5.01 Å². The molecule has 0 amide bonds. The van der Waals surface area contributed by atoms with Crippen molar-refractivity contribution >= 4 is 5.71 Å². The van der Waals surface area contributed by atoms with E-state index in [9.17, 15) is 0 Å². The molecule has 5 rings (SSSR count). The number of methoxy groups -OCH3 is 1. The number of nitrogens with zero attached hydrogens (tertiary/aromatic N) is 2. The third-order valence-corrected chi connectivity index (χ3v) is 5.21. The SMILES string of the molecule is COc1ccccc1[C@H]1Oc2ccccc2[C@@H]2CC(c3ccccc3)=NN12. The van der Waals surface area contributed by atoms with Crippen LogP contribution >= 0.6 is 0 Å². The van der Waals surface area contributed by atoms with Crippen molar-refractivity contribution in [2.45, 2.75) is 18.7 Å². The summed E-state index contributed by atoms with van der Waals surface area (Å²) >= 11 is 0. The molecule has 0 aliphatic carbocycles. The lowest BCUT2D eigenvalue weighted by molar-refractivity contribution is -0.0203. The fourth-order valence-corrected chi connectivity index (χ4v) is 3.91. The van der Waals surface area contributed by atoms with Crippen LogP contribution in [0, 0.1) is 0 Å². The molecule has 0 radical (unpaired) electrons. The molecule has 4 heteroatoms. The van der Waals surface area contributed by atoms with E-state index >= 15 is 0 Å². The Morgan fingerprint density at radius 2 is 1.59 bits per heavy atom. The molecular formula is C23H20N2O2. The Balaban J connectivity index is 1.63. The second-order valence-electron chi connectivity index (χ2n) is 6.76. The average molecular weight is 356 g/mol. The van der Waals surface area contributed by atoms with Crippen LogP contribution in [0.15, 0.2) is 84.0 Å². The first-order chi connectivity index (χ1) is 13.3. The molecule has 2 atom stereocenters. The largest absolute Gasteiger partial charge is 0.496 e. The first-order valence-electron chi connectivity index (χ1n) is 9.15. The normalized spacial score (nSPS) is 20.3. The van der Waals surface area contributed by atoms with E-state index in [4.69, 9.17) is 14.6 Å². The molecule has 2 aliphatic heterocycles. The monoisotopic (exact) mass is 356 g/mol.